The minimum absolute atomic E-state index is 0.196. The highest BCUT2D eigenvalue weighted by atomic mass is 16.5. The van der Waals surface area contributed by atoms with Crippen molar-refractivity contribution in [2.75, 3.05) is 31.7 Å². The van der Waals surface area contributed by atoms with Crippen LogP contribution in [0.2, 0.25) is 0 Å². The number of carbonyl (C=O) groups is 1. The lowest BCUT2D eigenvalue weighted by Gasteiger charge is -2.28. The molecule has 0 bridgehead atoms. The zero-order chi connectivity index (χ0) is 22.1. The van der Waals surface area contributed by atoms with Gasteiger partial charge in [-0.15, -0.1) is 0 Å². The van der Waals surface area contributed by atoms with Crippen molar-refractivity contribution in [2.24, 2.45) is 0 Å². The van der Waals surface area contributed by atoms with Crippen molar-refractivity contribution in [2.45, 2.75) is 78.1 Å². The van der Waals surface area contributed by atoms with Crippen molar-refractivity contribution >= 4 is 11.8 Å². The van der Waals surface area contributed by atoms with E-state index >= 15 is 0 Å². The first-order chi connectivity index (χ1) is 13.5. The van der Waals surface area contributed by atoms with Gasteiger partial charge in [0.15, 0.2) is 0 Å². The van der Waals surface area contributed by atoms with Crippen LogP contribution < -0.4 is 5.32 Å². The Kier molecular flexibility index (Phi) is 9.93. The normalized spacial score (nSPS) is 12.1. The van der Waals surface area contributed by atoms with Gasteiger partial charge >= 0.3 is 6.09 Å². The molecular formula is C23H39NO5. The Bertz CT molecular complexity index is 609. The Morgan fingerprint density at radius 2 is 1.38 bits per heavy atom. The van der Waals surface area contributed by atoms with Gasteiger partial charge in [0.1, 0.15) is 5.75 Å². The fraction of sp³-hybridized carbons (Fsp3) is 0.696. The van der Waals surface area contributed by atoms with Gasteiger partial charge in [0.2, 0.25) is 0 Å². The van der Waals surface area contributed by atoms with Gasteiger partial charge in [0, 0.05) is 36.6 Å². The second-order valence-corrected chi connectivity index (χ2v) is 9.43. The van der Waals surface area contributed by atoms with Crippen LogP contribution in [0.4, 0.5) is 10.5 Å². The van der Waals surface area contributed by atoms with E-state index in [0.29, 0.717) is 25.5 Å². The van der Waals surface area contributed by atoms with E-state index in [-0.39, 0.29) is 23.2 Å². The summed E-state index contributed by atoms with van der Waals surface area (Å²) in [5.74, 6) is 0.280. The fourth-order valence-electron chi connectivity index (χ4n) is 2.89. The van der Waals surface area contributed by atoms with Crippen molar-refractivity contribution in [1.82, 2.24) is 0 Å². The third-order valence-electron chi connectivity index (χ3n) is 4.59. The molecule has 1 rings (SSSR count). The molecule has 0 aliphatic carbocycles. The Morgan fingerprint density at radius 1 is 0.897 bits per heavy atom. The average molecular weight is 410 g/mol. The summed E-state index contributed by atoms with van der Waals surface area (Å²) in [5.41, 5.74) is 1.68. The fourth-order valence-corrected chi connectivity index (χ4v) is 2.89. The summed E-state index contributed by atoms with van der Waals surface area (Å²) in [5, 5.41) is 22.2. The maximum Gasteiger partial charge on any atom is 0.411 e. The maximum absolute atomic E-state index is 12.2. The number of phenolic OH excluding ortho intramolecular Hbond substituents is 1. The number of rotatable bonds is 10. The second kappa shape index (κ2) is 11.4. The molecule has 0 radical (unpaired) electrons. The smallest absolute Gasteiger partial charge is 0.411 e. The van der Waals surface area contributed by atoms with Gasteiger partial charge in [-0.1, -0.05) is 41.5 Å². The van der Waals surface area contributed by atoms with Gasteiger partial charge < -0.3 is 19.7 Å². The summed E-state index contributed by atoms with van der Waals surface area (Å²) >= 11 is 0. The Labute approximate surface area is 175 Å². The molecule has 1 aromatic rings. The molecule has 0 saturated heterocycles. The average Bonchev–Trinajstić information content (AvgIpc) is 2.59. The van der Waals surface area contributed by atoms with Crippen molar-refractivity contribution in [3.8, 4) is 5.75 Å². The Balaban J connectivity index is 2.59. The van der Waals surface area contributed by atoms with Crippen molar-refractivity contribution in [3.05, 3.63) is 23.3 Å². The number of carbonyl (C=O) groups excluding carboxylic acids is 1. The molecular weight excluding hydrogens is 370 g/mol. The number of phenols is 1. The van der Waals surface area contributed by atoms with E-state index in [1.807, 2.05) is 53.7 Å². The lowest BCUT2D eigenvalue weighted by Crippen LogP contribution is -2.20. The van der Waals surface area contributed by atoms with Crippen LogP contribution in [-0.2, 0) is 20.3 Å². The van der Waals surface area contributed by atoms with Gasteiger partial charge in [-0.3, -0.25) is 5.32 Å². The van der Waals surface area contributed by atoms with Crippen LogP contribution in [-0.4, -0.2) is 42.7 Å². The van der Waals surface area contributed by atoms with Crippen molar-refractivity contribution in [1.29, 1.82) is 0 Å². The number of amides is 1. The van der Waals surface area contributed by atoms with Gasteiger partial charge in [0.05, 0.1) is 6.61 Å². The second-order valence-electron chi connectivity index (χ2n) is 9.43. The van der Waals surface area contributed by atoms with Crippen LogP contribution >= 0.6 is 0 Å². The standard InChI is InChI=1S/C23H39NO5/c1-22(2,3)18-15-17(16-19(20(18)26)23(4,5)6)24-21(27)29-14-10-9-13-28-12-8-7-11-25/h15-16,25-26H,7-14H2,1-6H3,(H,24,27). The number of aromatic hydroxyl groups is 1. The van der Waals surface area contributed by atoms with Crippen LogP contribution in [0.1, 0.15) is 78.4 Å². The van der Waals surface area contributed by atoms with E-state index in [1.54, 1.807) is 0 Å². The molecule has 3 N–H and O–H groups in total. The lowest BCUT2D eigenvalue weighted by atomic mass is 9.79. The molecule has 1 aromatic carbocycles. The molecule has 1 amide bonds. The lowest BCUT2D eigenvalue weighted by molar-refractivity contribution is 0.113. The molecule has 0 spiro atoms. The third kappa shape index (κ3) is 9.05. The SMILES string of the molecule is CC(C)(C)c1cc(NC(=O)OCCCCOCCCCO)cc(C(C)(C)C)c1O. The predicted molar refractivity (Wildman–Crippen MR) is 117 cm³/mol. The maximum atomic E-state index is 12.2. The molecule has 0 aromatic heterocycles. The molecule has 166 valence electrons. The largest absolute Gasteiger partial charge is 0.507 e. The number of nitrogens with one attached hydrogen (secondary N) is 1. The van der Waals surface area contributed by atoms with Crippen LogP contribution in [0, 0.1) is 0 Å². The van der Waals surface area contributed by atoms with Crippen molar-refractivity contribution < 1.29 is 24.5 Å². The summed E-state index contributed by atoms with van der Waals surface area (Å²) in [6.07, 6.45) is 2.65. The van der Waals surface area contributed by atoms with Crippen LogP contribution in [0.5, 0.6) is 5.75 Å². The summed E-state index contributed by atoms with van der Waals surface area (Å²) in [6.45, 7) is 14.0. The van der Waals surface area contributed by atoms with Gasteiger partial charge in [-0.05, 0) is 48.6 Å². The van der Waals surface area contributed by atoms with E-state index in [1.165, 1.54) is 0 Å². The number of hydrogen-bond donors (Lipinski definition) is 3. The molecule has 0 saturated carbocycles. The van der Waals surface area contributed by atoms with E-state index < -0.39 is 6.09 Å². The number of hydrogen-bond acceptors (Lipinski definition) is 5. The topological polar surface area (TPSA) is 88.0 Å². The molecule has 6 nitrogen and oxygen atoms in total. The van der Waals surface area contributed by atoms with Crippen LogP contribution in [0.15, 0.2) is 12.1 Å². The number of unbranched alkanes of at least 4 members (excludes halogenated alkanes) is 2. The Morgan fingerprint density at radius 3 is 1.86 bits per heavy atom. The minimum atomic E-state index is -0.501. The summed E-state index contributed by atoms with van der Waals surface area (Å²) < 4.78 is 10.7. The number of aliphatic hydroxyl groups is 1. The summed E-state index contributed by atoms with van der Waals surface area (Å²) in [7, 11) is 0. The molecule has 0 unspecified atom stereocenters. The van der Waals surface area contributed by atoms with E-state index in [4.69, 9.17) is 14.6 Å². The molecule has 0 aliphatic rings. The molecule has 6 heteroatoms. The molecule has 29 heavy (non-hydrogen) atoms. The number of ether oxygens (including phenoxy) is 2. The van der Waals surface area contributed by atoms with E-state index in [9.17, 15) is 9.90 Å². The first kappa shape index (κ1) is 25.2. The number of benzene rings is 1. The third-order valence-corrected chi connectivity index (χ3v) is 4.59. The highest BCUT2D eigenvalue weighted by Gasteiger charge is 2.27. The summed E-state index contributed by atoms with van der Waals surface area (Å²) in [4.78, 5) is 12.2. The quantitative estimate of drug-likeness (QED) is 0.369. The van der Waals surface area contributed by atoms with E-state index in [2.05, 4.69) is 5.32 Å². The molecule has 0 fully saturated rings. The molecule has 0 atom stereocenters. The molecule has 0 aliphatic heterocycles. The number of aliphatic hydroxyl groups excluding tert-OH is 1. The zero-order valence-electron chi connectivity index (χ0n) is 18.9. The highest BCUT2D eigenvalue weighted by molar-refractivity contribution is 5.85. The molecule has 0 heterocycles. The summed E-state index contributed by atoms with van der Waals surface area (Å²) in [6, 6.07) is 3.62. The number of anilines is 1. The van der Waals surface area contributed by atoms with Gasteiger partial charge in [-0.25, -0.2) is 4.79 Å². The van der Waals surface area contributed by atoms with Gasteiger partial charge in [-0.2, -0.15) is 0 Å². The van der Waals surface area contributed by atoms with E-state index in [0.717, 1.165) is 36.8 Å². The van der Waals surface area contributed by atoms with Crippen LogP contribution in [0.25, 0.3) is 0 Å². The Hall–Kier alpha value is -1.79. The first-order valence-corrected chi connectivity index (χ1v) is 10.5. The minimum Gasteiger partial charge on any atom is -0.507 e. The zero-order valence-corrected chi connectivity index (χ0v) is 18.9. The first-order valence-electron chi connectivity index (χ1n) is 10.5. The van der Waals surface area contributed by atoms with Crippen LogP contribution in [0.3, 0.4) is 0 Å². The highest BCUT2D eigenvalue weighted by Crippen LogP contribution is 2.41. The monoisotopic (exact) mass is 409 g/mol. The van der Waals surface area contributed by atoms with Gasteiger partial charge in [0.25, 0.3) is 0 Å². The predicted octanol–water partition coefficient (Wildman–Crippen LogP) is 5.11. The van der Waals surface area contributed by atoms with Crippen molar-refractivity contribution in [3.63, 3.8) is 0 Å².